The predicted octanol–water partition coefficient (Wildman–Crippen LogP) is 3.70. The fourth-order valence-electron chi connectivity index (χ4n) is 5.59. The second-order valence-electron chi connectivity index (χ2n) is 9.79. The fourth-order valence-corrected chi connectivity index (χ4v) is 5.59. The first-order chi connectivity index (χ1) is 19.8. The fraction of sp³-hybridized carbons (Fsp3) is 0. The molecule has 2 aliphatic heterocycles. The summed E-state index contributed by atoms with van der Waals surface area (Å²) >= 11 is 0. The molecule has 0 aliphatic carbocycles. The van der Waals surface area contributed by atoms with E-state index in [9.17, 15) is 0 Å². The van der Waals surface area contributed by atoms with Crippen molar-refractivity contribution in [2.45, 2.75) is 0 Å². The summed E-state index contributed by atoms with van der Waals surface area (Å²) in [5.41, 5.74) is 6.45. The van der Waals surface area contributed by atoms with Crippen LogP contribution in [0, 0.1) is 0 Å². The van der Waals surface area contributed by atoms with Crippen molar-refractivity contribution < 1.29 is 56.9 Å². The zero-order chi connectivity index (χ0) is 26.2. The summed E-state index contributed by atoms with van der Waals surface area (Å²) in [6, 6.07) is 32.2. The average molecular weight is 571 g/mol. The SMILES string of the molecule is [K+].[OH-].c1ccc2c(c1)-c1nc-2nc2[nH]c(nc3nc(nc4[nH]c(n1)c1ccccc41)-c1ccccc1-3)c1ccccc21. The topological polar surface area (TPSA) is 139 Å². The number of rotatable bonds is 0. The van der Waals surface area contributed by atoms with Crippen LogP contribution in [0.25, 0.3) is 89.7 Å². The summed E-state index contributed by atoms with van der Waals surface area (Å²) in [5.74, 6) is 2.39. The van der Waals surface area contributed by atoms with E-state index >= 15 is 0 Å². The minimum Gasteiger partial charge on any atom is -0.870 e. The van der Waals surface area contributed by atoms with Gasteiger partial charge in [0, 0.05) is 43.8 Å². The Balaban J connectivity index is 0.00000144. The van der Waals surface area contributed by atoms with Crippen molar-refractivity contribution >= 4 is 44.1 Å². The monoisotopic (exact) mass is 570 g/mol. The van der Waals surface area contributed by atoms with Crippen molar-refractivity contribution in [3.8, 4) is 45.6 Å². The maximum Gasteiger partial charge on any atom is 1.00 e. The summed E-state index contributed by atoms with van der Waals surface area (Å²) in [6.07, 6.45) is 0. The molecule has 0 amide bonds. The van der Waals surface area contributed by atoms with Crippen molar-refractivity contribution in [3.05, 3.63) is 97.1 Å². The molecule has 0 atom stereocenters. The Morgan fingerprint density at radius 3 is 0.833 bits per heavy atom. The number of aromatic nitrogens is 8. The summed E-state index contributed by atoms with van der Waals surface area (Å²) < 4.78 is 0. The molecule has 0 fully saturated rings. The van der Waals surface area contributed by atoms with Gasteiger partial charge in [0.25, 0.3) is 0 Å². The van der Waals surface area contributed by atoms with Crippen LogP contribution in [0.3, 0.4) is 0 Å². The van der Waals surface area contributed by atoms with Gasteiger partial charge in [0.15, 0.2) is 23.3 Å². The Hall–Kier alpha value is -4.16. The van der Waals surface area contributed by atoms with Crippen LogP contribution < -0.4 is 51.4 Å². The quantitative estimate of drug-likeness (QED) is 0.265. The first-order valence-corrected chi connectivity index (χ1v) is 13.0. The third kappa shape index (κ3) is 4.03. The molecule has 9 rings (SSSR count). The molecule has 3 aromatic heterocycles. The molecule has 42 heavy (non-hydrogen) atoms. The maximum atomic E-state index is 5.02. The molecule has 0 saturated carbocycles. The Kier molecular flexibility index (Phi) is 6.54. The normalized spacial score (nSPS) is 11.4. The van der Waals surface area contributed by atoms with E-state index in [1.165, 1.54) is 0 Å². The molecular weight excluding hydrogens is 552 g/mol. The summed E-state index contributed by atoms with van der Waals surface area (Å²) in [4.78, 5) is 36.8. The average Bonchev–Trinajstić information content (AvgIpc) is 3.73. The van der Waals surface area contributed by atoms with Crippen LogP contribution in [0.15, 0.2) is 97.1 Å². The van der Waals surface area contributed by atoms with E-state index in [4.69, 9.17) is 29.9 Å². The van der Waals surface area contributed by atoms with Gasteiger partial charge in [0.1, 0.15) is 22.6 Å². The summed E-state index contributed by atoms with van der Waals surface area (Å²) in [7, 11) is 0. The number of hydrogen-bond acceptors (Lipinski definition) is 7. The van der Waals surface area contributed by atoms with Crippen molar-refractivity contribution in [1.82, 2.24) is 39.9 Å². The molecule has 10 heteroatoms. The molecule has 8 bridgehead atoms. The van der Waals surface area contributed by atoms with Gasteiger partial charge >= 0.3 is 51.4 Å². The van der Waals surface area contributed by atoms with E-state index < -0.39 is 0 Å². The Morgan fingerprint density at radius 1 is 0.333 bits per heavy atom. The van der Waals surface area contributed by atoms with Gasteiger partial charge in [-0.3, -0.25) is 0 Å². The van der Waals surface area contributed by atoms with E-state index in [1.54, 1.807) is 0 Å². The molecule has 9 nitrogen and oxygen atoms in total. The number of benzene rings is 4. The molecule has 0 unspecified atom stereocenters. The number of fused-ring (bicyclic) bond motifs is 20. The summed E-state index contributed by atoms with van der Waals surface area (Å²) in [6.45, 7) is 0. The van der Waals surface area contributed by atoms with Crippen LogP contribution in [-0.2, 0) is 0 Å². The van der Waals surface area contributed by atoms with Crippen LogP contribution in [0.1, 0.15) is 0 Å². The van der Waals surface area contributed by atoms with Crippen molar-refractivity contribution in [2.75, 3.05) is 0 Å². The molecule has 3 N–H and O–H groups in total. The molecule has 4 aromatic carbocycles. The molecule has 2 aliphatic rings. The standard InChI is InChI=1S/C32H18N8.K.H2O/c1-2-10-18-17(9-1)25-33-26(18)38-28-21-13-5-6-14-22(21)30(35-28)40-32-24-16-8-7-15-23(24)31(36-32)39-29-20-12-4-3-11-19(20)27(34-29)37-25;;/h1-16H,(H2,33,34,35,36,37,38,39,40);;1H2/q;+1;/p-1. The maximum absolute atomic E-state index is 5.02. The van der Waals surface area contributed by atoms with E-state index in [2.05, 4.69) is 9.97 Å². The van der Waals surface area contributed by atoms with Crippen molar-refractivity contribution in [2.24, 2.45) is 0 Å². The minimum absolute atomic E-state index is 0. The Morgan fingerprint density at radius 2 is 0.571 bits per heavy atom. The van der Waals surface area contributed by atoms with E-state index in [0.717, 1.165) is 43.8 Å². The number of H-pyrrole nitrogens is 2. The van der Waals surface area contributed by atoms with Crippen LogP contribution in [0.4, 0.5) is 0 Å². The van der Waals surface area contributed by atoms with Gasteiger partial charge in [-0.05, 0) is 0 Å². The number of hydrogen-bond donors (Lipinski definition) is 2. The largest absolute Gasteiger partial charge is 1.00 e. The van der Waals surface area contributed by atoms with Crippen LogP contribution in [-0.4, -0.2) is 45.3 Å². The molecule has 0 spiro atoms. The first-order valence-electron chi connectivity index (χ1n) is 13.0. The van der Waals surface area contributed by atoms with Gasteiger partial charge in [0.2, 0.25) is 0 Å². The molecule has 194 valence electrons. The van der Waals surface area contributed by atoms with Crippen LogP contribution in [0.5, 0.6) is 0 Å². The number of aromatic amines is 2. The molecule has 0 saturated heterocycles. The third-order valence-corrected chi connectivity index (χ3v) is 7.46. The van der Waals surface area contributed by atoms with Crippen molar-refractivity contribution in [3.63, 3.8) is 0 Å². The Labute approximate surface area is 280 Å². The van der Waals surface area contributed by atoms with Crippen LogP contribution in [0.2, 0.25) is 0 Å². The summed E-state index contributed by atoms with van der Waals surface area (Å²) in [5, 5.41) is 3.82. The van der Waals surface area contributed by atoms with E-state index in [-0.39, 0.29) is 56.9 Å². The Bertz CT molecular complexity index is 2040. The van der Waals surface area contributed by atoms with E-state index in [1.807, 2.05) is 97.1 Å². The third-order valence-electron chi connectivity index (χ3n) is 7.46. The number of nitrogens with zero attached hydrogens (tertiary/aromatic N) is 6. The molecule has 7 aromatic rings. The van der Waals surface area contributed by atoms with Crippen LogP contribution >= 0.6 is 0 Å². The number of nitrogens with one attached hydrogen (secondary N) is 2. The van der Waals surface area contributed by atoms with Gasteiger partial charge < -0.3 is 15.4 Å². The zero-order valence-electron chi connectivity index (χ0n) is 22.4. The van der Waals surface area contributed by atoms with Gasteiger partial charge in [0.05, 0.1) is 0 Å². The second-order valence-corrected chi connectivity index (χ2v) is 9.79. The molecular formula is C32H19KN8O. The minimum atomic E-state index is 0. The molecule has 5 heterocycles. The van der Waals surface area contributed by atoms with Gasteiger partial charge in [-0.1, -0.05) is 97.1 Å². The zero-order valence-corrected chi connectivity index (χ0v) is 25.5. The molecule has 0 radical (unpaired) electrons. The van der Waals surface area contributed by atoms with E-state index in [0.29, 0.717) is 45.9 Å². The second kappa shape index (κ2) is 10.3. The van der Waals surface area contributed by atoms with Gasteiger partial charge in [-0.15, -0.1) is 0 Å². The first kappa shape index (κ1) is 26.7. The predicted molar refractivity (Wildman–Crippen MR) is 158 cm³/mol. The van der Waals surface area contributed by atoms with Gasteiger partial charge in [-0.2, -0.15) is 0 Å². The smallest absolute Gasteiger partial charge is 0.870 e. The van der Waals surface area contributed by atoms with Gasteiger partial charge in [-0.25, -0.2) is 29.9 Å². The van der Waals surface area contributed by atoms with Crippen molar-refractivity contribution in [1.29, 1.82) is 0 Å².